The zero-order valence-corrected chi connectivity index (χ0v) is 57.0. The highest BCUT2D eigenvalue weighted by atomic mass is 79.9. The lowest BCUT2D eigenvalue weighted by molar-refractivity contribution is 0.667. The van der Waals surface area contributed by atoms with Gasteiger partial charge in [-0.2, -0.15) is 0 Å². The summed E-state index contributed by atoms with van der Waals surface area (Å²) in [7, 11) is 0. The van der Waals surface area contributed by atoms with Crippen LogP contribution in [-0.4, -0.2) is 0 Å². The Morgan fingerprint density at radius 2 is 0.521 bits per heavy atom. The third-order valence-electron chi connectivity index (χ3n) is 19.8. The maximum Gasteiger partial charge on any atom is 0.0726 e. The lowest BCUT2D eigenvalue weighted by Crippen LogP contribution is -2.26. The van der Waals surface area contributed by atoms with Gasteiger partial charge in [-0.1, -0.05) is 270 Å². The van der Waals surface area contributed by atoms with E-state index in [4.69, 9.17) is 0 Å². The number of unbranched alkanes of at least 4 members (excludes halogenated alkanes) is 3. The number of fused-ring (bicyclic) bond motifs is 10. The van der Waals surface area contributed by atoms with Gasteiger partial charge in [0.15, 0.2) is 0 Å². The van der Waals surface area contributed by atoms with Crippen LogP contribution >= 0.6 is 31.9 Å². The molecule has 16 rings (SSSR count). The van der Waals surface area contributed by atoms with Crippen molar-refractivity contribution in [1.29, 1.82) is 0 Å². The molecule has 0 radical (unpaired) electrons. The topological polar surface area (TPSA) is 6.48 Å². The van der Waals surface area contributed by atoms with Gasteiger partial charge in [0.2, 0.25) is 0 Å². The van der Waals surface area contributed by atoms with Crippen LogP contribution in [0, 0.1) is 6.92 Å². The van der Waals surface area contributed by atoms with Gasteiger partial charge in [-0.15, -0.1) is 0 Å². The van der Waals surface area contributed by atoms with Crippen molar-refractivity contribution in [3.05, 3.63) is 370 Å². The molecular formula is C92H70Br2N2. The first kappa shape index (κ1) is 60.6. The van der Waals surface area contributed by atoms with Gasteiger partial charge >= 0.3 is 0 Å². The van der Waals surface area contributed by atoms with Crippen molar-refractivity contribution in [3.8, 4) is 89.0 Å². The normalized spacial score (nSPS) is 13.2. The second-order valence-electron chi connectivity index (χ2n) is 25.7. The molecule has 2 aliphatic carbocycles. The lowest BCUT2D eigenvalue weighted by atomic mass is 9.69. The average Bonchev–Trinajstić information content (AvgIpc) is 1.51. The Labute approximate surface area is 581 Å². The second-order valence-corrected chi connectivity index (χ2v) is 27.5. The van der Waals surface area contributed by atoms with Crippen LogP contribution in [0.1, 0.15) is 66.0 Å². The first-order valence-electron chi connectivity index (χ1n) is 33.6. The van der Waals surface area contributed by atoms with Crippen LogP contribution < -0.4 is 9.80 Å². The molecular weight excluding hydrogens is 1290 g/mol. The molecule has 0 N–H and O–H groups in total. The van der Waals surface area contributed by atoms with E-state index in [1.54, 1.807) is 0 Å². The van der Waals surface area contributed by atoms with Gasteiger partial charge < -0.3 is 9.80 Å². The van der Waals surface area contributed by atoms with Gasteiger partial charge in [0.25, 0.3) is 0 Å². The van der Waals surface area contributed by atoms with Crippen LogP contribution in [0.4, 0.5) is 34.1 Å². The summed E-state index contributed by atoms with van der Waals surface area (Å²) >= 11 is 7.43. The standard InChI is InChI=1S/C92H70Br2N2/c1-3-4-5-8-13-63-20-24-69(25-21-63)73-35-55-85-87-57-37-75(71-32-48-81(49-33-71)96(83-52-40-77(94)41-53-83)79-44-28-67(29-45-79)65-16-11-7-12-17-65)61-91(87)92(89(85)59-73)88-58-72(68-22-18-62(2)19-23-68)34-54-84(88)86-56-36-74(60-90(86)92)70-30-46-80(47-31-70)95(82-50-38-76(93)39-51-82)78-42-26-66(27-43-78)64-14-9-6-10-15-64/h6-7,9-12,14-61H,3-5,8,13H2,1-2H3. The van der Waals surface area contributed by atoms with E-state index in [-0.39, 0.29) is 0 Å². The first-order valence-corrected chi connectivity index (χ1v) is 35.2. The Kier molecular flexibility index (Phi) is 16.5. The first-order chi connectivity index (χ1) is 47.2. The van der Waals surface area contributed by atoms with Crippen LogP contribution in [-0.2, 0) is 11.8 Å². The monoisotopic (exact) mass is 1360 g/mol. The Hall–Kier alpha value is -10.4. The van der Waals surface area contributed by atoms with E-state index in [1.165, 1.54) is 137 Å². The minimum absolute atomic E-state index is 0.689. The third kappa shape index (κ3) is 11.4. The highest BCUT2D eigenvalue weighted by molar-refractivity contribution is 9.10. The van der Waals surface area contributed by atoms with E-state index in [0.717, 1.165) is 60.6 Å². The molecule has 1 spiro atoms. The van der Waals surface area contributed by atoms with Crippen LogP contribution in [0.25, 0.3) is 89.0 Å². The fourth-order valence-electron chi connectivity index (χ4n) is 14.9. The number of hydrogen-bond acceptors (Lipinski definition) is 2. The molecule has 14 aromatic rings. The number of nitrogens with zero attached hydrogens (tertiary/aromatic N) is 2. The Morgan fingerprint density at radius 3 is 0.833 bits per heavy atom. The maximum absolute atomic E-state index is 3.71. The minimum atomic E-state index is -0.689. The van der Waals surface area contributed by atoms with Gasteiger partial charge in [0, 0.05) is 43.1 Å². The molecule has 0 aromatic heterocycles. The van der Waals surface area contributed by atoms with Crippen molar-refractivity contribution >= 4 is 66.0 Å². The molecule has 96 heavy (non-hydrogen) atoms. The molecule has 2 aliphatic rings. The van der Waals surface area contributed by atoms with E-state index >= 15 is 0 Å². The van der Waals surface area contributed by atoms with Gasteiger partial charge in [-0.05, 0) is 258 Å². The number of benzene rings is 14. The summed E-state index contributed by atoms with van der Waals surface area (Å²) in [6.07, 6.45) is 6.12. The predicted octanol–water partition coefficient (Wildman–Crippen LogP) is 26.9. The lowest BCUT2D eigenvalue weighted by Gasteiger charge is -2.32. The van der Waals surface area contributed by atoms with E-state index in [0.29, 0.717) is 0 Å². The van der Waals surface area contributed by atoms with Crippen LogP contribution in [0.3, 0.4) is 0 Å². The van der Waals surface area contributed by atoms with Gasteiger partial charge in [0.1, 0.15) is 0 Å². The number of halogens is 2. The molecule has 0 aliphatic heterocycles. The van der Waals surface area contributed by atoms with E-state index < -0.39 is 5.41 Å². The summed E-state index contributed by atoms with van der Waals surface area (Å²) in [4.78, 5) is 4.70. The molecule has 0 saturated heterocycles. The molecule has 4 heteroatoms. The average molecular weight is 1360 g/mol. The zero-order valence-electron chi connectivity index (χ0n) is 53.9. The van der Waals surface area contributed by atoms with Crippen molar-refractivity contribution in [1.82, 2.24) is 0 Å². The molecule has 1 unspecified atom stereocenters. The number of hydrogen-bond donors (Lipinski definition) is 0. The fraction of sp³-hybridized carbons (Fsp3) is 0.0870. The molecule has 0 bridgehead atoms. The van der Waals surface area contributed by atoms with Crippen LogP contribution in [0.5, 0.6) is 0 Å². The quantitative estimate of drug-likeness (QED) is 0.0839. The summed E-state index contributed by atoms with van der Waals surface area (Å²) in [6, 6.07) is 122. The molecule has 0 heterocycles. The predicted molar refractivity (Wildman–Crippen MR) is 413 cm³/mol. The van der Waals surface area contributed by atoms with Gasteiger partial charge in [-0.25, -0.2) is 0 Å². The van der Waals surface area contributed by atoms with Gasteiger partial charge in [0.05, 0.1) is 5.41 Å². The van der Waals surface area contributed by atoms with Crippen LogP contribution in [0.2, 0.25) is 0 Å². The summed E-state index contributed by atoms with van der Waals surface area (Å²) in [5.74, 6) is 0. The van der Waals surface area contributed by atoms with E-state index in [9.17, 15) is 0 Å². The van der Waals surface area contributed by atoms with E-state index in [2.05, 4.69) is 383 Å². The summed E-state index contributed by atoms with van der Waals surface area (Å²) in [5, 5.41) is 0. The number of anilines is 6. The molecule has 462 valence electrons. The van der Waals surface area contributed by atoms with Crippen molar-refractivity contribution in [2.75, 3.05) is 9.80 Å². The van der Waals surface area contributed by atoms with Crippen molar-refractivity contribution in [3.63, 3.8) is 0 Å². The highest BCUT2D eigenvalue weighted by Crippen LogP contribution is 2.64. The molecule has 0 saturated carbocycles. The maximum atomic E-state index is 3.71. The SMILES string of the molecule is CCCCCCc1ccc(-c2ccc3c(c2)C2(c4cc(-c5ccc(C)cc5)ccc4-c4ccc(-c5ccc(N(c6ccc(Br)cc6)c6ccc(-c7ccccc7)cc6)cc5)cc42)c2cc(-c4ccc(N(c5ccc(Br)cc5)c5ccc(-c6ccccc6)cc5)cc4)ccc2-3)cc1. The largest absolute Gasteiger partial charge is 0.311 e. The highest BCUT2D eigenvalue weighted by Gasteiger charge is 2.52. The van der Waals surface area contributed by atoms with Crippen molar-refractivity contribution < 1.29 is 0 Å². The van der Waals surface area contributed by atoms with Crippen molar-refractivity contribution in [2.45, 2.75) is 51.4 Å². The Morgan fingerprint density at radius 1 is 0.260 bits per heavy atom. The molecule has 0 fully saturated rings. The molecule has 1 atom stereocenters. The van der Waals surface area contributed by atoms with E-state index in [1.807, 2.05) is 0 Å². The molecule has 0 amide bonds. The second kappa shape index (κ2) is 26.1. The Bertz CT molecular complexity index is 4920. The summed E-state index contributed by atoms with van der Waals surface area (Å²) in [6.45, 7) is 4.46. The summed E-state index contributed by atoms with van der Waals surface area (Å²) < 4.78 is 2.09. The smallest absolute Gasteiger partial charge is 0.0726 e. The van der Waals surface area contributed by atoms with Gasteiger partial charge in [-0.3, -0.25) is 0 Å². The zero-order chi connectivity index (χ0) is 64.7. The fourth-order valence-corrected chi connectivity index (χ4v) is 15.4. The Balaban J connectivity index is 0.845. The van der Waals surface area contributed by atoms with Crippen LogP contribution in [0.15, 0.2) is 337 Å². The number of rotatable bonds is 17. The summed E-state index contributed by atoms with van der Waals surface area (Å²) in [5.41, 5.74) is 33.0. The minimum Gasteiger partial charge on any atom is -0.311 e. The molecule has 2 nitrogen and oxygen atoms in total. The third-order valence-corrected chi connectivity index (χ3v) is 20.9. The van der Waals surface area contributed by atoms with Crippen molar-refractivity contribution in [2.24, 2.45) is 0 Å². The molecule has 14 aromatic carbocycles. The number of aryl methyl sites for hydroxylation is 2.